The molecule has 0 aliphatic heterocycles. The summed E-state index contributed by atoms with van der Waals surface area (Å²) in [6, 6.07) is 18.8. The fourth-order valence-electron chi connectivity index (χ4n) is 2.92. The van der Waals surface area contributed by atoms with E-state index in [0.29, 0.717) is 15.6 Å². The van der Waals surface area contributed by atoms with E-state index in [4.69, 9.17) is 4.74 Å². The second kappa shape index (κ2) is 7.70. The van der Waals surface area contributed by atoms with Crippen molar-refractivity contribution >= 4 is 38.6 Å². The third-order valence-electron chi connectivity index (χ3n) is 4.27. The normalized spacial score (nSPS) is 11.8. The first-order valence-corrected chi connectivity index (χ1v) is 8.97. The van der Waals surface area contributed by atoms with Crippen LogP contribution in [0, 0.1) is 0 Å². The summed E-state index contributed by atoms with van der Waals surface area (Å²) in [4.78, 5) is 24.3. The maximum atomic E-state index is 12.6. The predicted molar refractivity (Wildman–Crippen MR) is 105 cm³/mol. The molecule has 0 saturated heterocycles. The minimum absolute atomic E-state index is 0.160. The number of benzene rings is 3. The highest BCUT2D eigenvalue weighted by atomic mass is 79.9. The van der Waals surface area contributed by atoms with Crippen LogP contribution in [0.4, 0.5) is 0 Å². The summed E-state index contributed by atoms with van der Waals surface area (Å²) in [7, 11) is 1.32. The van der Waals surface area contributed by atoms with Gasteiger partial charge in [-0.15, -0.1) is 0 Å². The second-order valence-electron chi connectivity index (χ2n) is 5.95. The molecule has 0 saturated carbocycles. The Kier molecular flexibility index (Phi) is 5.38. The van der Waals surface area contributed by atoms with Crippen molar-refractivity contribution in [1.29, 1.82) is 0 Å². The summed E-state index contributed by atoms with van der Waals surface area (Å²) in [5.74, 6) is -0.657. The molecule has 0 bridgehead atoms. The summed E-state index contributed by atoms with van der Waals surface area (Å²) in [5.41, 5.74) is 1.91. The van der Waals surface area contributed by atoms with Crippen LogP contribution >= 0.6 is 15.9 Å². The van der Waals surface area contributed by atoms with Gasteiger partial charge in [0.25, 0.3) is 5.91 Å². The number of hydrogen-bond acceptors (Lipinski definition) is 3. The number of carbonyl (C=O) groups is 2. The lowest BCUT2D eigenvalue weighted by molar-refractivity contribution is 0.0599. The topological polar surface area (TPSA) is 55.4 Å². The van der Waals surface area contributed by atoms with Gasteiger partial charge in [0.15, 0.2) is 0 Å². The standard InChI is InChI=1S/C21H18BrNO3/c1-13(16-9-5-7-14-6-3-4-8-17(14)16)23-20(24)15-10-11-18(19(22)12-15)21(25)26-2/h3-13H,1-2H3,(H,23,24). The van der Waals surface area contributed by atoms with Crippen molar-refractivity contribution in [2.24, 2.45) is 0 Å². The van der Waals surface area contributed by atoms with Crippen LogP contribution in [-0.4, -0.2) is 19.0 Å². The van der Waals surface area contributed by atoms with Gasteiger partial charge in [-0.25, -0.2) is 4.79 Å². The number of methoxy groups -OCH3 is 1. The predicted octanol–water partition coefficient (Wildman–Crippen LogP) is 4.88. The molecule has 0 spiro atoms. The second-order valence-corrected chi connectivity index (χ2v) is 6.80. The number of carbonyl (C=O) groups excluding carboxylic acids is 2. The summed E-state index contributed by atoms with van der Waals surface area (Å²) < 4.78 is 5.23. The Bertz CT molecular complexity index is 979. The van der Waals surface area contributed by atoms with Gasteiger partial charge in [0.2, 0.25) is 0 Å². The smallest absolute Gasteiger partial charge is 0.339 e. The van der Waals surface area contributed by atoms with Gasteiger partial charge in [-0.3, -0.25) is 4.79 Å². The molecule has 3 rings (SSSR count). The van der Waals surface area contributed by atoms with Gasteiger partial charge in [-0.1, -0.05) is 42.5 Å². The Balaban J connectivity index is 1.83. The molecule has 5 heteroatoms. The average Bonchev–Trinajstić information content (AvgIpc) is 2.66. The van der Waals surface area contributed by atoms with Crippen molar-refractivity contribution < 1.29 is 14.3 Å². The van der Waals surface area contributed by atoms with Crippen LogP contribution in [-0.2, 0) is 4.74 Å². The molecule has 3 aromatic carbocycles. The van der Waals surface area contributed by atoms with Gasteiger partial charge in [0, 0.05) is 10.0 Å². The monoisotopic (exact) mass is 411 g/mol. The van der Waals surface area contributed by atoms with Gasteiger partial charge < -0.3 is 10.1 Å². The van der Waals surface area contributed by atoms with Crippen molar-refractivity contribution in [2.75, 3.05) is 7.11 Å². The fourth-order valence-corrected chi connectivity index (χ4v) is 3.46. The molecule has 0 aliphatic rings. The molecule has 0 radical (unpaired) electrons. The number of nitrogens with one attached hydrogen (secondary N) is 1. The molecule has 26 heavy (non-hydrogen) atoms. The van der Waals surface area contributed by atoms with Crippen LogP contribution in [0.25, 0.3) is 10.8 Å². The Labute approximate surface area is 160 Å². The molecule has 3 aromatic rings. The lowest BCUT2D eigenvalue weighted by atomic mass is 9.99. The van der Waals surface area contributed by atoms with Gasteiger partial charge in [0.1, 0.15) is 0 Å². The average molecular weight is 412 g/mol. The summed E-state index contributed by atoms with van der Waals surface area (Å²) in [6.07, 6.45) is 0. The summed E-state index contributed by atoms with van der Waals surface area (Å²) >= 11 is 3.32. The van der Waals surface area contributed by atoms with Crippen LogP contribution in [0.3, 0.4) is 0 Å². The first-order valence-electron chi connectivity index (χ1n) is 8.17. The molecule has 1 atom stereocenters. The van der Waals surface area contributed by atoms with E-state index in [9.17, 15) is 9.59 Å². The Hall–Kier alpha value is -2.66. The maximum absolute atomic E-state index is 12.6. The van der Waals surface area contributed by atoms with Crippen LogP contribution in [0.1, 0.15) is 39.2 Å². The van der Waals surface area contributed by atoms with Crippen molar-refractivity contribution in [3.8, 4) is 0 Å². The zero-order valence-electron chi connectivity index (χ0n) is 14.5. The highest BCUT2D eigenvalue weighted by Gasteiger charge is 2.16. The Morgan fingerprint density at radius 3 is 2.50 bits per heavy atom. The first-order chi connectivity index (χ1) is 12.5. The molecule has 0 heterocycles. The molecule has 4 nitrogen and oxygen atoms in total. The molecule has 0 fully saturated rings. The molecule has 1 N–H and O–H groups in total. The van der Waals surface area contributed by atoms with Crippen molar-refractivity contribution in [3.05, 3.63) is 81.8 Å². The summed E-state index contributed by atoms with van der Waals surface area (Å²) in [6.45, 7) is 1.96. The minimum Gasteiger partial charge on any atom is -0.465 e. The lowest BCUT2D eigenvalue weighted by Gasteiger charge is -2.17. The van der Waals surface area contributed by atoms with Crippen molar-refractivity contribution in [2.45, 2.75) is 13.0 Å². The van der Waals surface area contributed by atoms with Gasteiger partial charge in [-0.05, 0) is 57.4 Å². The Morgan fingerprint density at radius 1 is 1.04 bits per heavy atom. The van der Waals surface area contributed by atoms with E-state index in [-0.39, 0.29) is 11.9 Å². The quantitative estimate of drug-likeness (QED) is 0.622. The first kappa shape index (κ1) is 18.1. The number of esters is 1. The maximum Gasteiger partial charge on any atom is 0.339 e. The molecule has 0 aromatic heterocycles. The fraction of sp³-hybridized carbons (Fsp3) is 0.143. The van der Waals surface area contributed by atoms with Crippen molar-refractivity contribution in [1.82, 2.24) is 5.32 Å². The minimum atomic E-state index is -0.451. The van der Waals surface area contributed by atoms with E-state index in [1.54, 1.807) is 18.2 Å². The Morgan fingerprint density at radius 2 is 1.77 bits per heavy atom. The number of amides is 1. The number of hydrogen-bond donors (Lipinski definition) is 1. The van der Waals surface area contributed by atoms with E-state index < -0.39 is 5.97 Å². The summed E-state index contributed by atoms with van der Waals surface area (Å²) in [5, 5.41) is 5.27. The van der Waals surface area contributed by atoms with Gasteiger partial charge in [-0.2, -0.15) is 0 Å². The van der Waals surface area contributed by atoms with Crippen molar-refractivity contribution in [3.63, 3.8) is 0 Å². The molecule has 0 aliphatic carbocycles. The molecule has 132 valence electrons. The highest BCUT2D eigenvalue weighted by molar-refractivity contribution is 9.10. The zero-order valence-corrected chi connectivity index (χ0v) is 16.0. The molecular weight excluding hydrogens is 394 g/mol. The molecule has 1 amide bonds. The lowest BCUT2D eigenvalue weighted by Crippen LogP contribution is -2.26. The number of halogens is 1. The van der Waals surface area contributed by atoms with E-state index in [1.807, 2.05) is 31.2 Å². The third-order valence-corrected chi connectivity index (χ3v) is 4.93. The van der Waals surface area contributed by atoms with E-state index in [1.165, 1.54) is 7.11 Å². The molecule has 1 unspecified atom stereocenters. The number of ether oxygens (including phenoxy) is 1. The SMILES string of the molecule is COC(=O)c1ccc(C(=O)NC(C)c2cccc3ccccc23)cc1Br. The highest BCUT2D eigenvalue weighted by Crippen LogP contribution is 2.25. The molecular formula is C21H18BrNO3. The third kappa shape index (κ3) is 3.63. The van der Waals surface area contributed by atoms with Crippen LogP contribution in [0.2, 0.25) is 0 Å². The van der Waals surface area contributed by atoms with Crippen LogP contribution in [0.5, 0.6) is 0 Å². The zero-order chi connectivity index (χ0) is 18.7. The largest absolute Gasteiger partial charge is 0.465 e. The number of rotatable bonds is 4. The number of fused-ring (bicyclic) bond motifs is 1. The van der Waals surface area contributed by atoms with E-state index >= 15 is 0 Å². The van der Waals surface area contributed by atoms with Crippen LogP contribution < -0.4 is 5.32 Å². The van der Waals surface area contributed by atoms with Crippen LogP contribution in [0.15, 0.2) is 65.1 Å². The van der Waals surface area contributed by atoms with E-state index in [0.717, 1.165) is 16.3 Å². The van der Waals surface area contributed by atoms with Gasteiger partial charge >= 0.3 is 5.97 Å². The van der Waals surface area contributed by atoms with Gasteiger partial charge in [0.05, 0.1) is 18.7 Å². The van der Waals surface area contributed by atoms with E-state index in [2.05, 4.69) is 39.4 Å².